The van der Waals surface area contributed by atoms with Gasteiger partial charge in [0.25, 0.3) is 5.91 Å². The highest BCUT2D eigenvalue weighted by Crippen LogP contribution is 2.23. The van der Waals surface area contributed by atoms with Gasteiger partial charge >= 0.3 is 5.97 Å². The Morgan fingerprint density at radius 3 is 2.57 bits per heavy atom. The lowest BCUT2D eigenvalue weighted by Crippen LogP contribution is -2.43. The second kappa shape index (κ2) is 9.45. The number of thioether (sulfide) groups is 1. The smallest absolute Gasteiger partial charge is 0.326 e. The van der Waals surface area contributed by atoms with Crippen molar-refractivity contribution in [1.82, 2.24) is 5.32 Å². The summed E-state index contributed by atoms with van der Waals surface area (Å²) >= 11 is 1.54. The first kappa shape index (κ1) is 19.4. The first-order valence-corrected chi connectivity index (χ1v) is 8.99. The molecule has 0 radical (unpaired) electrons. The number of carbonyl (C=O) groups is 2. The molecule has 0 saturated heterocycles. The summed E-state index contributed by atoms with van der Waals surface area (Å²) in [5, 5.41) is 11.6. The summed E-state index contributed by atoms with van der Waals surface area (Å²) in [6, 6.07) is 4.85. The summed E-state index contributed by atoms with van der Waals surface area (Å²) in [6.07, 6.45) is 2.29. The van der Waals surface area contributed by atoms with E-state index in [2.05, 4.69) is 19.2 Å². The minimum Gasteiger partial charge on any atom is -0.484 e. The van der Waals surface area contributed by atoms with Gasteiger partial charge in [-0.1, -0.05) is 19.9 Å². The van der Waals surface area contributed by atoms with Crippen LogP contribution in [0.1, 0.15) is 37.3 Å². The summed E-state index contributed by atoms with van der Waals surface area (Å²) in [6.45, 7) is 6.06. The molecule has 0 heterocycles. The third-order valence-corrected chi connectivity index (χ3v) is 4.12. The fourth-order valence-corrected chi connectivity index (χ4v) is 2.74. The molecule has 0 aliphatic carbocycles. The van der Waals surface area contributed by atoms with E-state index >= 15 is 0 Å². The van der Waals surface area contributed by atoms with Crippen molar-refractivity contribution >= 4 is 23.6 Å². The Kier molecular flexibility index (Phi) is 7.95. The van der Waals surface area contributed by atoms with E-state index in [-0.39, 0.29) is 6.61 Å². The number of aryl methyl sites for hydroxylation is 1. The maximum absolute atomic E-state index is 11.8. The van der Waals surface area contributed by atoms with Gasteiger partial charge in [0.2, 0.25) is 0 Å². The molecule has 1 aromatic rings. The van der Waals surface area contributed by atoms with Crippen molar-refractivity contribution in [2.45, 2.75) is 39.2 Å². The van der Waals surface area contributed by atoms with E-state index < -0.39 is 17.9 Å². The van der Waals surface area contributed by atoms with Crippen molar-refractivity contribution in [2.24, 2.45) is 0 Å². The van der Waals surface area contributed by atoms with Gasteiger partial charge in [0.15, 0.2) is 6.61 Å². The van der Waals surface area contributed by atoms with Crippen LogP contribution in [-0.2, 0) is 9.59 Å². The number of amides is 1. The van der Waals surface area contributed by atoms with Crippen LogP contribution in [0.4, 0.5) is 0 Å². The van der Waals surface area contributed by atoms with Crippen LogP contribution in [-0.4, -0.2) is 41.6 Å². The minimum absolute atomic E-state index is 0.191. The largest absolute Gasteiger partial charge is 0.484 e. The standard InChI is InChI=1S/C17H25NO4S/c1-11(2)14-6-5-13(9-12(14)3)22-10-16(19)18-15(17(20)21)7-8-23-4/h5-6,9,11,15H,7-8,10H2,1-4H3,(H,18,19)(H,20,21)/t15-/m0/s1. The molecule has 2 N–H and O–H groups in total. The SMILES string of the molecule is CSCC[C@H](NC(=O)COc1ccc(C(C)C)c(C)c1)C(=O)O. The van der Waals surface area contributed by atoms with Gasteiger partial charge in [-0.25, -0.2) is 4.79 Å². The summed E-state index contributed by atoms with van der Waals surface area (Å²) in [5.41, 5.74) is 2.35. The predicted molar refractivity (Wildman–Crippen MR) is 93.3 cm³/mol. The lowest BCUT2D eigenvalue weighted by atomic mass is 9.98. The molecule has 0 aliphatic rings. The highest BCUT2D eigenvalue weighted by atomic mass is 32.2. The normalized spacial score (nSPS) is 12.0. The zero-order valence-electron chi connectivity index (χ0n) is 14.1. The molecule has 23 heavy (non-hydrogen) atoms. The van der Waals surface area contributed by atoms with Gasteiger partial charge in [-0.05, 0) is 54.5 Å². The number of aliphatic carboxylic acids is 1. The van der Waals surface area contributed by atoms with E-state index in [1.807, 2.05) is 31.4 Å². The van der Waals surface area contributed by atoms with Crippen molar-refractivity contribution in [3.63, 3.8) is 0 Å². The van der Waals surface area contributed by atoms with Crippen LogP contribution < -0.4 is 10.1 Å². The Morgan fingerprint density at radius 2 is 2.04 bits per heavy atom. The predicted octanol–water partition coefficient (Wildman–Crippen LogP) is 2.82. The monoisotopic (exact) mass is 339 g/mol. The molecule has 1 amide bonds. The van der Waals surface area contributed by atoms with Crippen LogP contribution in [0.2, 0.25) is 0 Å². The molecule has 0 bridgehead atoms. The van der Waals surface area contributed by atoms with Gasteiger partial charge in [0.1, 0.15) is 11.8 Å². The molecular weight excluding hydrogens is 314 g/mol. The van der Waals surface area contributed by atoms with Gasteiger partial charge in [0, 0.05) is 0 Å². The summed E-state index contributed by atoms with van der Waals surface area (Å²) in [7, 11) is 0. The minimum atomic E-state index is -1.02. The van der Waals surface area contributed by atoms with Gasteiger partial charge in [-0.15, -0.1) is 0 Å². The van der Waals surface area contributed by atoms with Crippen molar-refractivity contribution in [2.75, 3.05) is 18.6 Å². The molecule has 0 aliphatic heterocycles. The Labute approximate surface area is 141 Å². The van der Waals surface area contributed by atoms with Crippen LogP contribution >= 0.6 is 11.8 Å². The molecule has 6 heteroatoms. The molecule has 5 nitrogen and oxygen atoms in total. The highest BCUT2D eigenvalue weighted by Gasteiger charge is 2.19. The second-order valence-electron chi connectivity index (χ2n) is 5.70. The molecule has 128 valence electrons. The van der Waals surface area contributed by atoms with Crippen molar-refractivity contribution in [3.05, 3.63) is 29.3 Å². The average Bonchev–Trinajstić information content (AvgIpc) is 2.48. The van der Waals surface area contributed by atoms with E-state index in [0.29, 0.717) is 23.8 Å². The number of ether oxygens (including phenoxy) is 1. The van der Waals surface area contributed by atoms with Crippen LogP contribution in [0.3, 0.4) is 0 Å². The number of carboxylic acid groups (broad SMARTS) is 1. The fourth-order valence-electron chi connectivity index (χ4n) is 2.26. The second-order valence-corrected chi connectivity index (χ2v) is 6.69. The van der Waals surface area contributed by atoms with Crippen molar-refractivity contribution in [1.29, 1.82) is 0 Å². The zero-order valence-corrected chi connectivity index (χ0v) is 14.9. The molecule has 1 atom stereocenters. The third kappa shape index (κ3) is 6.52. The third-order valence-electron chi connectivity index (χ3n) is 3.48. The molecule has 0 saturated carbocycles. The lowest BCUT2D eigenvalue weighted by Gasteiger charge is -2.15. The van der Waals surface area contributed by atoms with Crippen LogP contribution in [0.15, 0.2) is 18.2 Å². The number of hydrogen-bond donors (Lipinski definition) is 2. The highest BCUT2D eigenvalue weighted by molar-refractivity contribution is 7.98. The fraction of sp³-hybridized carbons (Fsp3) is 0.529. The van der Waals surface area contributed by atoms with Gasteiger partial charge < -0.3 is 15.2 Å². The number of carbonyl (C=O) groups excluding carboxylic acids is 1. The van der Waals surface area contributed by atoms with Crippen LogP contribution in [0, 0.1) is 6.92 Å². The van der Waals surface area contributed by atoms with Crippen molar-refractivity contribution < 1.29 is 19.4 Å². The summed E-state index contributed by atoms with van der Waals surface area (Å²) in [4.78, 5) is 22.9. The molecule has 0 unspecified atom stereocenters. The Morgan fingerprint density at radius 1 is 1.35 bits per heavy atom. The Bertz CT molecular complexity index is 545. The molecule has 0 fully saturated rings. The number of benzene rings is 1. The maximum atomic E-state index is 11.8. The molecule has 0 spiro atoms. The number of hydrogen-bond acceptors (Lipinski definition) is 4. The van der Waals surface area contributed by atoms with E-state index in [0.717, 1.165) is 5.56 Å². The quantitative estimate of drug-likeness (QED) is 0.723. The van der Waals surface area contributed by atoms with Crippen molar-refractivity contribution in [3.8, 4) is 5.75 Å². The maximum Gasteiger partial charge on any atom is 0.326 e. The van der Waals surface area contributed by atoms with E-state index in [1.165, 1.54) is 5.56 Å². The van der Waals surface area contributed by atoms with E-state index in [1.54, 1.807) is 11.8 Å². The lowest BCUT2D eigenvalue weighted by molar-refractivity contribution is -0.142. The van der Waals surface area contributed by atoms with Crippen LogP contribution in [0.5, 0.6) is 5.75 Å². The van der Waals surface area contributed by atoms with E-state index in [4.69, 9.17) is 9.84 Å². The molecule has 1 aromatic carbocycles. The number of rotatable bonds is 9. The van der Waals surface area contributed by atoms with E-state index in [9.17, 15) is 9.59 Å². The molecule has 1 rings (SSSR count). The average molecular weight is 339 g/mol. The van der Waals surface area contributed by atoms with Crippen LogP contribution in [0.25, 0.3) is 0 Å². The van der Waals surface area contributed by atoms with Gasteiger partial charge in [-0.3, -0.25) is 4.79 Å². The zero-order chi connectivity index (χ0) is 17.4. The van der Waals surface area contributed by atoms with Gasteiger partial charge in [-0.2, -0.15) is 11.8 Å². The molecule has 0 aromatic heterocycles. The summed E-state index contributed by atoms with van der Waals surface area (Å²) < 4.78 is 5.46. The first-order chi connectivity index (χ1) is 10.8. The number of nitrogens with one attached hydrogen (secondary N) is 1. The Hall–Kier alpha value is -1.69. The van der Waals surface area contributed by atoms with Gasteiger partial charge in [0.05, 0.1) is 0 Å². The topological polar surface area (TPSA) is 75.6 Å². The summed E-state index contributed by atoms with van der Waals surface area (Å²) in [5.74, 6) is 0.264. The molecular formula is C17H25NO4S. The number of carboxylic acids is 1. The first-order valence-electron chi connectivity index (χ1n) is 7.59. The Balaban J connectivity index is 2.55.